The van der Waals surface area contributed by atoms with E-state index in [1.165, 1.54) is 0 Å². The van der Waals surface area contributed by atoms with Crippen molar-refractivity contribution in [1.82, 2.24) is 5.32 Å². The molecule has 22 heavy (non-hydrogen) atoms. The Morgan fingerprint density at radius 2 is 1.73 bits per heavy atom. The van der Waals surface area contributed by atoms with Crippen LogP contribution in [0.5, 0.6) is 0 Å². The van der Waals surface area contributed by atoms with E-state index in [1.54, 1.807) is 30.3 Å². The van der Waals surface area contributed by atoms with Gasteiger partial charge in [-0.1, -0.05) is 18.2 Å². The van der Waals surface area contributed by atoms with Gasteiger partial charge in [-0.05, 0) is 12.1 Å². The topological polar surface area (TPSA) is 139 Å². The maximum Gasteiger partial charge on any atom is 0.397 e. The number of carbonyl (C=O) groups excluding carboxylic acids is 1. The zero-order valence-electron chi connectivity index (χ0n) is 11.4. The minimum absolute atomic E-state index is 0.146. The molecule has 0 saturated heterocycles. The smallest absolute Gasteiger partial charge is 0.337 e. The summed E-state index contributed by atoms with van der Waals surface area (Å²) in [5.74, 6) is -0.973. The van der Waals surface area contributed by atoms with E-state index in [2.05, 4.69) is 14.8 Å². The van der Waals surface area contributed by atoms with Gasteiger partial charge in [-0.25, -0.2) is 17.4 Å². The number of benzene rings is 1. The molecule has 124 valence electrons. The summed E-state index contributed by atoms with van der Waals surface area (Å²) < 4.78 is 55.8. The predicted octanol–water partition coefficient (Wildman–Crippen LogP) is 0.0423. The molecule has 0 heterocycles. The van der Waals surface area contributed by atoms with Crippen LogP contribution in [0.15, 0.2) is 30.3 Å². The van der Waals surface area contributed by atoms with Crippen molar-refractivity contribution in [2.75, 3.05) is 30.0 Å². The first-order valence-corrected chi connectivity index (χ1v) is 9.29. The number of rotatable bonds is 8. The van der Waals surface area contributed by atoms with Crippen LogP contribution in [0.25, 0.3) is 0 Å². The van der Waals surface area contributed by atoms with E-state index >= 15 is 0 Å². The molecular weight excluding hydrogens is 336 g/mol. The zero-order valence-corrected chi connectivity index (χ0v) is 13.1. The van der Waals surface area contributed by atoms with Crippen molar-refractivity contribution < 1.29 is 30.4 Å². The summed E-state index contributed by atoms with van der Waals surface area (Å²) in [6.45, 7) is -0.829. The van der Waals surface area contributed by atoms with Crippen molar-refractivity contribution in [3.05, 3.63) is 30.3 Å². The van der Waals surface area contributed by atoms with Crippen molar-refractivity contribution in [2.45, 2.75) is 0 Å². The summed E-state index contributed by atoms with van der Waals surface area (Å²) >= 11 is 0. The van der Waals surface area contributed by atoms with E-state index in [9.17, 15) is 21.6 Å². The van der Waals surface area contributed by atoms with Crippen molar-refractivity contribution in [2.24, 2.45) is 0 Å². The average Bonchev–Trinajstić information content (AvgIpc) is 2.37. The van der Waals surface area contributed by atoms with Crippen LogP contribution < -0.4 is 10.6 Å². The highest BCUT2D eigenvalue weighted by Gasteiger charge is 2.14. The number of sulfone groups is 1. The minimum atomic E-state index is -4.66. The van der Waals surface area contributed by atoms with E-state index in [0.29, 0.717) is 5.69 Å². The van der Waals surface area contributed by atoms with Crippen molar-refractivity contribution in [3.63, 3.8) is 0 Å². The molecule has 0 aliphatic heterocycles. The van der Waals surface area contributed by atoms with E-state index in [0.717, 1.165) is 0 Å². The molecule has 1 rings (SSSR count). The van der Waals surface area contributed by atoms with Crippen LogP contribution in [0, 0.1) is 0 Å². The molecule has 3 N–H and O–H groups in total. The zero-order chi connectivity index (χ0) is 16.6. The summed E-state index contributed by atoms with van der Waals surface area (Å²) in [5, 5.41) is 4.87. The summed E-state index contributed by atoms with van der Waals surface area (Å²) in [7, 11) is -8.27. The highest BCUT2D eigenvalue weighted by Crippen LogP contribution is 2.04. The Balaban J connectivity index is 2.29. The SMILES string of the molecule is O=C(NCCS(=O)(=O)CCOS(=O)(=O)O)Nc1ccccc1. The Morgan fingerprint density at radius 1 is 1.09 bits per heavy atom. The van der Waals surface area contributed by atoms with E-state index in [1.807, 2.05) is 0 Å². The minimum Gasteiger partial charge on any atom is -0.337 e. The van der Waals surface area contributed by atoms with Crippen LogP contribution in [-0.2, 0) is 24.4 Å². The second kappa shape index (κ2) is 8.08. The molecule has 0 atom stereocenters. The number of carbonyl (C=O) groups is 1. The van der Waals surface area contributed by atoms with Crippen molar-refractivity contribution >= 4 is 32.0 Å². The molecule has 0 unspecified atom stereocenters. The summed E-state index contributed by atoms with van der Waals surface area (Å²) in [6.07, 6.45) is 0. The molecule has 0 radical (unpaired) electrons. The summed E-state index contributed by atoms with van der Waals surface area (Å²) in [6, 6.07) is 8.02. The van der Waals surface area contributed by atoms with Gasteiger partial charge in [-0.15, -0.1) is 0 Å². The fourth-order valence-corrected chi connectivity index (χ4v) is 2.74. The van der Waals surface area contributed by atoms with Gasteiger partial charge < -0.3 is 10.6 Å². The molecule has 1 aromatic rings. The lowest BCUT2D eigenvalue weighted by Gasteiger charge is -2.08. The molecule has 11 heteroatoms. The van der Waals surface area contributed by atoms with Crippen LogP contribution in [0.2, 0.25) is 0 Å². The summed E-state index contributed by atoms with van der Waals surface area (Å²) in [5.41, 5.74) is 0.560. The summed E-state index contributed by atoms with van der Waals surface area (Å²) in [4.78, 5) is 11.5. The average molecular weight is 352 g/mol. The molecule has 0 aromatic heterocycles. The number of anilines is 1. The molecular formula is C11H16N2O7S2. The van der Waals surface area contributed by atoms with E-state index < -0.39 is 38.6 Å². The second-order valence-corrected chi connectivity index (χ2v) is 7.54. The van der Waals surface area contributed by atoms with Crippen LogP contribution in [-0.4, -0.2) is 52.1 Å². The largest absolute Gasteiger partial charge is 0.397 e. The van der Waals surface area contributed by atoms with Crippen LogP contribution in [0.3, 0.4) is 0 Å². The number of para-hydroxylation sites is 1. The Bertz CT molecular complexity index is 686. The maximum atomic E-state index is 11.5. The molecule has 0 aliphatic rings. The van der Waals surface area contributed by atoms with Crippen LogP contribution in [0.4, 0.5) is 10.5 Å². The quantitative estimate of drug-likeness (QED) is 0.561. The van der Waals surface area contributed by atoms with E-state index in [-0.39, 0.29) is 12.3 Å². The van der Waals surface area contributed by atoms with Gasteiger partial charge in [0.25, 0.3) is 0 Å². The predicted molar refractivity (Wildman–Crippen MR) is 79.6 cm³/mol. The highest BCUT2D eigenvalue weighted by molar-refractivity contribution is 7.91. The number of amides is 2. The van der Waals surface area contributed by atoms with Gasteiger partial charge in [0.2, 0.25) is 0 Å². The maximum absolute atomic E-state index is 11.5. The lowest BCUT2D eigenvalue weighted by atomic mass is 10.3. The van der Waals surface area contributed by atoms with Gasteiger partial charge in [0.15, 0.2) is 9.84 Å². The third-order valence-corrected chi connectivity index (χ3v) is 4.44. The van der Waals surface area contributed by atoms with Crippen LogP contribution >= 0.6 is 0 Å². The van der Waals surface area contributed by atoms with Gasteiger partial charge in [0, 0.05) is 12.2 Å². The fraction of sp³-hybridized carbons (Fsp3) is 0.364. The Hall–Kier alpha value is -1.69. The van der Waals surface area contributed by atoms with Gasteiger partial charge in [0.1, 0.15) is 0 Å². The Labute approximate surface area is 128 Å². The molecule has 1 aromatic carbocycles. The first kappa shape index (κ1) is 18.4. The number of nitrogens with one attached hydrogen (secondary N) is 2. The lowest BCUT2D eigenvalue weighted by Crippen LogP contribution is -2.33. The molecule has 0 fully saturated rings. The standard InChI is InChI=1S/C11H16N2O7S2/c14-11(13-10-4-2-1-3-5-10)12-6-8-21(15,16)9-7-20-22(17,18)19/h1-5H,6-9H2,(H2,12,13,14)(H,17,18,19). The van der Waals surface area contributed by atoms with Crippen molar-refractivity contribution in [1.29, 1.82) is 0 Å². The normalized spacial score (nSPS) is 11.9. The van der Waals surface area contributed by atoms with Crippen molar-refractivity contribution in [3.8, 4) is 0 Å². The number of hydrogen-bond donors (Lipinski definition) is 3. The van der Waals surface area contributed by atoms with Gasteiger partial charge >= 0.3 is 16.4 Å². The van der Waals surface area contributed by atoms with E-state index in [4.69, 9.17) is 4.55 Å². The monoisotopic (exact) mass is 352 g/mol. The Morgan fingerprint density at radius 3 is 2.32 bits per heavy atom. The number of urea groups is 1. The fourth-order valence-electron chi connectivity index (χ4n) is 1.39. The van der Waals surface area contributed by atoms with Gasteiger partial charge in [-0.3, -0.25) is 4.55 Å². The molecule has 2 amide bonds. The lowest BCUT2D eigenvalue weighted by molar-refractivity contribution is 0.252. The first-order valence-electron chi connectivity index (χ1n) is 6.10. The number of hydrogen-bond acceptors (Lipinski definition) is 6. The van der Waals surface area contributed by atoms with Crippen LogP contribution in [0.1, 0.15) is 0 Å². The first-order chi connectivity index (χ1) is 10.2. The molecule has 9 nitrogen and oxygen atoms in total. The molecule has 0 saturated carbocycles. The Kier molecular flexibility index (Phi) is 6.74. The second-order valence-electron chi connectivity index (χ2n) is 4.15. The molecule has 0 spiro atoms. The third kappa shape index (κ3) is 8.56. The third-order valence-electron chi connectivity index (χ3n) is 2.36. The molecule has 0 bridgehead atoms. The van der Waals surface area contributed by atoms with Gasteiger partial charge in [-0.2, -0.15) is 8.42 Å². The molecule has 0 aliphatic carbocycles. The van der Waals surface area contributed by atoms with Gasteiger partial charge in [0.05, 0.1) is 18.1 Å². The highest BCUT2D eigenvalue weighted by atomic mass is 32.3.